The number of aryl methyl sites for hydroxylation is 1. The lowest BCUT2D eigenvalue weighted by molar-refractivity contribution is -0.120. The average Bonchev–Trinajstić information content (AvgIpc) is 3.34. The Morgan fingerprint density at radius 1 is 1.17 bits per heavy atom. The molecule has 1 aliphatic heterocycles. The van der Waals surface area contributed by atoms with Crippen LogP contribution in [0.2, 0.25) is 0 Å². The van der Waals surface area contributed by atoms with Crippen molar-refractivity contribution in [2.24, 2.45) is 0 Å². The van der Waals surface area contributed by atoms with Crippen molar-refractivity contribution in [3.8, 4) is 5.69 Å². The van der Waals surface area contributed by atoms with Gasteiger partial charge in [-0.25, -0.2) is 13.1 Å². The first kappa shape index (κ1) is 25.1. The zero-order valence-corrected chi connectivity index (χ0v) is 21.0. The van der Waals surface area contributed by atoms with E-state index in [0.717, 1.165) is 11.3 Å². The summed E-state index contributed by atoms with van der Waals surface area (Å²) in [6, 6.07) is 14.4. The van der Waals surface area contributed by atoms with Crippen molar-refractivity contribution in [3.63, 3.8) is 0 Å². The number of para-hydroxylation sites is 1. The molecule has 3 aromatic rings. The summed E-state index contributed by atoms with van der Waals surface area (Å²) in [5, 5.41) is 7.28. The maximum atomic E-state index is 13.1. The Hall–Kier alpha value is -3.05. The number of carbonyl (C=O) groups is 1. The topological polar surface area (TPSA) is 96.8 Å². The van der Waals surface area contributed by atoms with E-state index in [4.69, 9.17) is 4.74 Å². The number of rotatable bonds is 8. The van der Waals surface area contributed by atoms with Crippen LogP contribution in [-0.4, -0.2) is 72.7 Å². The fourth-order valence-electron chi connectivity index (χ4n) is 3.92. The number of sulfonamides is 1. The first-order chi connectivity index (χ1) is 16.8. The van der Waals surface area contributed by atoms with Gasteiger partial charge in [-0.1, -0.05) is 24.3 Å². The van der Waals surface area contributed by atoms with Crippen molar-refractivity contribution in [1.82, 2.24) is 19.0 Å². The maximum Gasteiger partial charge on any atom is 0.243 e. The molecular formula is C25H31N5O4S. The number of benzene rings is 2. The molecular weight excluding hydrogens is 466 g/mol. The number of amides is 1. The standard InChI is InChI=1S/C25H31N5O4S/c1-19-9-10-22(15-24(19)35(32,33)29-11-13-34-14-12-29)27-25(31)20(2)28(3)17-21-16-26-30(18-21)23-7-5-4-6-8-23/h4-10,15-16,18,20H,11-14,17H2,1-3H3,(H,27,31)/t20-/m0/s1. The lowest BCUT2D eigenvalue weighted by atomic mass is 10.2. The van der Waals surface area contributed by atoms with Gasteiger partial charge in [0.1, 0.15) is 0 Å². The molecule has 0 aliphatic carbocycles. The van der Waals surface area contributed by atoms with Crippen molar-refractivity contribution in [1.29, 1.82) is 0 Å². The summed E-state index contributed by atoms with van der Waals surface area (Å²) in [5.74, 6) is -0.221. The third kappa shape index (κ3) is 5.79. The van der Waals surface area contributed by atoms with Crippen molar-refractivity contribution < 1.29 is 17.9 Å². The van der Waals surface area contributed by atoms with Crippen LogP contribution in [0.5, 0.6) is 0 Å². The highest BCUT2D eigenvalue weighted by atomic mass is 32.2. The number of nitrogens with zero attached hydrogens (tertiary/aromatic N) is 4. The number of anilines is 1. The molecule has 1 saturated heterocycles. The number of nitrogens with one attached hydrogen (secondary N) is 1. The van der Waals surface area contributed by atoms with Crippen molar-refractivity contribution in [2.75, 3.05) is 38.7 Å². The summed E-state index contributed by atoms with van der Waals surface area (Å²) in [6.45, 7) is 5.50. The normalized spacial score (nSPS) is 15.8. The van der Waals surface area contributed by atoms with E-state index >= 15 is 0 Å². The summed E-state index contributed by atoms with van der Waals surface area (Å²) >= 11 is 0. The zero-order chi connectivity index (χ0) is 25.0. The monoisotopic (exact) mass is 497 g/mol. The minimum atomic E-state index is -3.67. The van der Waals surface area contributed by atoms with Gasteiger partial charge in [0, 0.05) is 37.1 Å². The van der Waals surface area contributed by atoms with E-state index in [1.165, 1.54) is 10.4 Å². The highest BCUT2D eigenvalue weighted by Crippen LogP contribution is 2.24. The van der Waals surface area contributed by atoms with E-state index in [9.17, 15) is 13.2 Å². The SMILES string of the molecule is Cc1ccc(NC(=O)[C@H](C)N(C)Cc2cnn(-c3ccccc3)c2)cc1S(=O)(=O)N1CCOCC1. The van der Waals surface area contributed by atoms with Crippen molar-refractivity contribution >= 4 is 21.6 Å². The quantitative estimate of drug-likeness (QED) is 0.514. The fraction of sp³-hybridized carbons (Fsp3) is 0.360. The predicted molar refractivity (Wildman–Crippen MR) is 134 cm³/mol. The van der Waals surface area contributed by atoms with Gasteiger partial charge in [0.15, 0.2) is 0 Å². The van der Waals surface area contributed by atoms with Gasteiger partial charge in [0.2, 0.25) is 15.9 Å². The Labute approximate surface area is 206 Å². The zero-order valence-electron chi connectivity index (χ0n) is 20.2. The van der Waals surface area contributed by atoms with Crippen molar-refractivity contribution in [2.45, 2.75) is 31.3 Å². The summed E-state index contributed by atoms with van der Waals surface area (Å²) < 4.78 is 34.8. The number of likely N-dealkylation sites (N-methyl/N-ethyl adjacent to an activating group) is 1. The molecule has 1 amide bonds. The molecule has 2 heterocycles. The number of hydrogen-bond donors (Lipinski definition) is 1. The molecule has 9 nitrogen and oxygen atoms in total. The van der Waals surface area contributed by atoms with E-state index < -0.39 is 16.1 Å². The predicted octanol–water partition coefficient (Wildman–Crippen LogP) is 2.66. The van der Waals surface area contributed by atoms with Crippen LogP contribution in [-0.2, 0) is 26.1 Å². The van der Waals surface area contributed by atoms with Gasteiger partial charge in [0.05, 0.1) is 36.0 Å². The summed E-state index contributed by atoms with van der Waals surface area (Å²) in [4.78, 5) is 15.1. The van der Waals surface area contributed by atoms with Crippen LogP contribution in [0, 0.1) is 6.92 Å². The Kier molecular flexibility index (Phi) is 7.66. The minimum absolute atomic E-state index is 0.200. The van der Waals surface area contributed by atoms with Crippen LogP contribution >= 0.6 is 0 Å². The van der Waals surface area contributed by atoms with Crippen LogP contribution < -0.4 is 5.32 Å². The van der Waals surface area contributed by atoms with Gasteiger partial charge in [0.25, 0.3) is 0 Å². The molecule has 1 fully saturated rings. The van der Waals surface area contributed by atoms with E-state index in [0.29, 0.717) is 44.1 Å². The van der Waals surface area contributed by atoms with Crippen LogP contribution in [0.1, 0.15) is 18.1 Å². The van der Waals surface area contributed by atoms with Gasteiger partial charge < -0.3 is 10.1 Å². The molecule has 1 N–H and O–H groups in total. The molecule has 0 unspecified atom stereocenters. The third-order valence-electron chi connectivity index (χ3n) is 6.17. The average molecular weight is 498 g/mol. The van der Waals surface area contributed by atoms with Gasteiger partial charge in [-0.2, -0.15) is 9.40 Å². The Morgan fingerprint density at radius 3 is 2.60 bits per heavy atom. The van der Waals surface area contributed by atoms with Crippen LogP contribution in [0.15, 0.2) is 65.8 Å². The fourth-order valence-corrected chi connectivity index (χ4v) is 5.58. The molecule has 0 radical (unpaired) electrons. The van der Waals surface area contributed by atoms with Gasteiger partial charge >= 0.3 is 0 Å². The molecule has 2 aromatic carbocycles. The lowest BCUT2D eigenvalue weighted by Crippen LogP contribution is -2.41. The van der Waals surface area contributed by atoms with E-state index in [1.807, 2.05) is 55.4 Å². The highest BCUT2D eigenvalue weighted by Gasteiger charge is 2.28. The molecule has 35 heavy (non-hydrogen) atoms. The lowest BCUT2D eigenvalue weighted by Gasteiger charge is -2.27. The summed E-state index contributed by atoms with van der Waals surface area (Å²) in [6.07, 6.45) is 3.73. The number of hydrogen-bond acceptors (Lipinski definition) is 6. The molecule has 0 saturated carbocycles. The van der Waals surface area contributed by atoms with E-state index in [2.05, 4.69) is 10.4 Å². The van der Waals surface area contributed by atoms with Crippen LogP contribution in [0.4, 0.5) is 5.69 Å². The second-order valence-electron chi connectivity index (χ2n) is 8.71. The van der Waals surface area contributed by atoms with E-state index in [1.54, 1.807) is 29.9 Å². The molecule has 186 valence electrons. The van der Waals surface area contributed by atoms with Crippen molar-refractivity contribution in [3.05, 3.63) is 72.1 Å². The number of ether oxygens (including phenoxy) is 1. The number of carbonyl (C=O) groups excluding carboxylic acids is 1. The summed E-state index contributed by atoms with van der Waals surface area (Å²) in [5.41, 5.74) is 3.03. The third-order valence-corrected chi connectivity index (χ3v) is 8.21. The molecule has 0 spiro atoms. The van der Waals surface area contributed by atoms with Gasteiger partial charge in [-0.3, -0.25) is 9.69 Å². The molecule has 1 atom stereocenters. The molecule has 4 rings (SSSR count). The van der Waals surface area contributed by atoms with Crippen LogP contribution in [0.3, 0.4) is 0 Å². The smallest absolute Gasteiger partial charge is 0.243 e. The molecule has 1 aliphatic rings. The number of aromatic nitrogens is 2. The van der Waals surface area contributed by atoms with Gasteiger partial charge in [-0.05, 0) is 50.7 Å². The number of morpholine rings is 1. The Morgan fingerprint density at radius 2 is 1.89 bits per heavy atom. The maximum absolute atomic E-state index is 13.1. The molecule has 1 aromatic heterocycles. The Bertz CT molecular complexity index is 1270. The van der Waals surface area contributed by atoms with Crippen LogP contribution in [0.25, 0.3) is 5.69 Å². The Balaban J connectivity index is 1.42. The second-order valence-corrected chi connectivity index (χ2v) is 10.6. The first-order valence-corrected chi connectivity index (χ1v) is 13.0. The largest absolute Gasteiger partial charge is 0.379 e. The minimum Gasteiger partial charge on any atom is -0.379 e. The summed E-state index contributed by atoms with van der Waals surface area (Å²) in [7, 11) is -1.80. The second kappa shape index (κ2) is 10.7. The first-order valence-electron chi connectivity index (χ1n) is 11.5. The highest BCUT2D eigenvalue weighted by molar-refractivity contribution is 7.89. The van der Waals surface area contributed by atoms with E-state index in [-0.39, 0.29) is 10.8 Å². The molecule has 0 bridgehead atoms. The molecule has 10 heteroatoms. The van der Waals surface area contributed by atoms with Gasteiger partial charge in [-0.15, -0.1) is 0 Å².